The molecule has 110 valence electrons. The number of hydrogen-bond acceptors (Lipinski definition) is 4. The van der Waals surface area contributed by atoms with Crippen LogP contribution >= 0.6 is 27.3 Å². The highest BCUT2D eigenvalue weighted by atomic mass is 79.9. The first-order valence-corrected chi connectivity index (χ1v) is 8.77. The average molecular weight is 365 g/mol. The number of rotatable bonds is 3. The van der Waals surface area contributed by atoms with Crippen LogP contribution in [0.3, 0.4) is 0 Å². The zero-order valence-electron chi connectivity index (χ0n) is 11.9. The van der Waals surface area contributed by atoms with E-state index in [1.807, 2.05) is 12.1 Å². The maximum atomic E-state index is 11.4. The molecule has 3 rings (SSSR count). The van der Waals surface area contributed by atoms with Gasteiger partial charge in [-0.1, -0.05) is 28.1 Å². The van der Waals surface area contributed by atoms with Crippen molar-refractivity contribution in [3.8, 4) is 11.3 Å². The van der Waals surface area contributed by atoms with Crippen molar-refractivity contribution in [2.24, 2.45) is 5.92 Å². The second kappa shape index (κ2) is 6.28. The predicted molar refractivity (Wildman–Crippen MR) is 90.9 cm³/mol. The molecule has 0 spiro atoms. The van der Waals surface area contributed by atoms with Gasteiger partial charge in [0.1, 0.15) is 5.78 Å². The Kier molecular flexibility index (Phi) is 4.40. The molecule has 1 aliphatic heterocycles. The van der Waals surface area contributed by atoms with Gasteiger partial charge in [0.25, 0.3) is 0 Å². The molecule has 0 saturated carbocycles. The molecule has 2 aromatic rings. The number of Topliss-reactive ketones (excluding diaryl/α,β-unsaturated/α-hetero) is 1. The highest BCUT2D eigenvalue weighted by Crippen LogP contribution is 2.30. The van der Waals surface area contributed by atoms with E-state index in [0.29, 0.717) is 5.78 Å². The Labute approximate surface area is 137 Å². The van der Waals surface area contributed by atoms with Crippen molar-refractivity contribution in [1.29, 1.82) is 0 Å². The van der Waals surface area contributed by atoms with Gasteiger partial charge in [0.05, 0.1) is 5.69 Å². The Morgan fingerprint density at radius 2 is 1.95 bits per heavy atom. The second-order valence-electron chi connectivity index (χ2n) is 5.39. The standard InChI is InChI=1S/C16H17BrN2OS/c1-11(20)12-6-8-19(9-7-12)16-18-15(10-21-16)13-2-4-14(17)5-3-13/h2-5,10,12H,6-9H2,1H3. The van der Waals surface area contributed by atoms with Crippen LogP contribution in [0.5, 0.6) is 0 Å². The molecule has 2 heterocycles. The summed E-state index contributed by atoms with van der Waals surface area (Å²) in [5.74, 6) is 0.566. The van der Waals surface area contributed by atoms with Crippen molar-refractivity contribution in [1.82, 2.24) is 4.98 Å². The number of piperidine rings is 1. The third-order valence-corrected chi connectivity index (χ3v) is 5.40. The van der Waals surface area contributed by atoms with Crippen LogP contribution < -0.4 is 4.90 Å². The zero-order chi connectivity index (χ0) is 14.8. The first-order valence-electron chi connectivity index (χ1n) is 7.10. The Hall–Kier alpha value is -1.20. The third kappa shape index (κ3) is 3.35. The fraction of sp³-hybridized carbons (Fsp3) is 0.375. The molecule has 0 aliphatic carbocycles. The number of hydrogen-bond donors (Lipinski definition) is 0. The van der Waals surface area contributed by atoms with E-state index >= 15 is 0 Å². The van der Waals surface area contributed by atoms with Gasteiger partial charge in [-0.3, -0.25) is 4.79 Å². The van der Waals surface area contributed by atoms with Crippen LogP contribution in [0.4, 0.5) is 5.13 Å². The van der Waals surface area contributed by atoms with Crippen molar-refractivity contribution in [3.63, 3.8) is 0 Å². The summed E-state index contributed by atoms with van der Waals surface area (Å²) in [4.78, 5) is 18.5. The number of benzene rings is 1. The Morgan fingerprint density at radius 1 is 1.29 bits per heavy atom. The molecule has 1 aromatic carbocycles. The number of halogens is 1. The number of carbonyl (C=O) groups is 1. The lowest BCUT2D eigenvalue weighted by Crippen LogP contribution is -2.35. The number of nitrogens with zero attached hydrogens (tertiary/aromatic N) is 2. The maximum Gasteiger partial charge on any atom is 0.185 e. The third-order valence-electron chi connectivity index (χ3n) is 3.97. The molecule has 1 saturated heterocycles. The molecule has 0 unspecified atom stereocenters. The Morgan fingerprint density at radius 3 is 2.57 bits per heavy atom. The predicted octanol–water partition coefficient (Wildman–Crippen LogP) is 4.38. The van der Waals surface area contributed by atoms with Gasteiger partial charge in [-0.25, -0.2) is 4.98 Å². The van der Waals surface area contributed by atoms with Crippen molar-refractivity contribution in [2.45, 2.75) is 19.8 Å². The molecular weight excluding hydrogens is 348 g/mol. The lowest BCUT2D eigenvalue weighted by Gasteiger charge is -2.30. The largest absolute Gasteiger partial charge is 0.348 e. The van der Waals surface area contributed by atoms with Gasteiger partial charge in [0, 0.05) is 34.4 Å². The summed E-state index contributed by atoms with van der Waals surface area (Å²) >= 11 is 5.13. The van der Waals surface area contributed by atoms with E-state index in [2.05, 4.69) is 38.3 Å². The minimum absolute atomic E-state index is 0.243. The number of carbonyl (C=O) groups excluding carboxylic acids is 1. The van der Waals surface area contributed by atoms with Crippen molar-refractivity contribution < 1.29 is 4.79 Å². The van der Waals surface area contributed by atoms with Gasteiger partial charge < -0.3 is 4.90 Å². The van der Waals surface area contributed by atoms with Crippen LogP contribution in [0.2, 0.25) is 0 Å². The lowest BCUT2D eigenvalue weighted by molar-refractivity contribution is -0.121. The van der Waals surface area contributed by atoms with Crippen LogP contribution in [0.1, 0.15) is 19.8 Å². The monoisotopic (exact) mass is 364 g/mol. The average Bonchev–Trinajstić information content (AvgIpc) is 2.98. The highest BCUT2D eigenvalue weighted by molar-refractivity contribution is 9.10. The van der Waals surface area contributed by atoms with Gasteiger partial charge >= 0.3 is 0 Å². The smallest absolute Gasteiger partial charge is 0.185 e. The van der Waals surface area contributed by atoms with Crippen LogP contribution in [0.25, 0.3) is 11.3 Å². The van der Waals surface area contributed by atoms with Crippen molar-refractivity contribution in [3.05, 3.63) is 34.1 Å². The summed E-state index contributed by atoms with van der Waals surface area (Å²) in [6.45, 7) is 3.56. The molecule has 1 aromatic heterocycles. The molecule has 0 bridgehead atoms. The normalized spacial score (nSPS) is 16.2. The van der Waals surface area contributed by atoms with E-state index in [1.165, 1.54) is 0 Å². The van der Waals surface area contributed by atoms with Crippen molar-refractivity contribution >= 4 is 38.2 Å². The van der Waals surface area contributed by atoms with Gasteiger partial charge in [0.15, 0.2) is 5.13 Å². The molecule has 0 N–H and O–H groups in total. The summed E-state index contributed by atoms with van der Waals surface area (Å²) in [6.07, 6.45) is 1.89. The quantitative estimate of drug-likeness (QED) is 0.810. The fourth-order valence-corrected chi connectivity index (χ4v) is 3.79. The summed E-state index contributed by atoms with van der Waals surface area (Å²) in [5.41, 5.74) is 2.16. The van der Waals surface area contributed by atoms with Gasteiger partial charge in [-0.15, -0.1) is 11.3 Å². The van der Waals surface area contributed by atoms with Gasteiger partial charge in [0.2, 0.25) is 0 Å². The zero-order valence-corrected chi connectivity index (χ0v) is 14.3. The summed E-state index contributed by atoms with van der Waals surface area (Å²) in [6, 6.07) is 8.22. The molecule has 0 atom stereocenters. The van der Waals surface area contributed by atoms with Crippen LogP contribution in [0, 0.1) is 5.92 Å². The Bertz CT molecular complexity index is 630. The van der Waals surface area contributed by atoms with Crippen LogP contribution in [-0.2, 0) is 4.79 Å². The van der Waals surface area contributed by atoms with E-state index in [4.69, 9.17) is 4.98 Å². The molecular formula is C16H17BrN2OS. The van der Waals surface area contributed by atoms with Crippen molar-refractivity contribution in [2.75, 3.05) is 18.0 Å². The molecule has 0 amide bonds. The summed E-state index contributed by atoms with van der Waals surface area (Å²) in [7, 11) is 0. The van der Waals surface area contributed by atoms with Crippen LogP contribution in [0.15, 0.2) is 34.1 Å². The summed E-state index contributed by atoms with van der Waals surface area (Å²) in [5, 5.41) is 3.17. The SMILES string of the molecule is CC(=O)C1CCN(c2nc(-c3ccc(Br)cc3)cs2)CC1. The molecule has 3 nitrogen and oxygen atoms in total. The summed E-state index contributed by atoms with van der Waals surface area (Å²) < 4.78 is 1.08. The molecule has 1 aliphatic rings. The van der Waals surface area contributed by atoms with Gasteiger partial charge in [-0.2, -0.15) is 0 Å². The minimum atomic E-state index is 0.243. The van der Waals surface area contributed by atoms with E-state index < -0.39 is 0 Å². The number of aromatic nitrogens is 1. The van der Waals surface area contributed by atoms with E-state index in [0.717, 1.165) is 46.8 Å². The second-order valence-corrected chi connectivity index (χ2v) is 7.15. The van der Waals surface area contributed by atoms with E-state index in [9.17, 15) is 4.79 Å². The number of anilines is 1. The molecule has 21 heavy (non-hydrogen) atoms. The minimum Gasteiger partial charge on any atom is -0.348 e. The molecule has 5 heteroatoms. The molecule has 1 fully saturated rings. The van der Waals surface area contributed by atoms with E-state index in [1.54, 1.807) is 18.3 Å². The highest BCUT2D eigenvalue weighted by Gasteiger charge is 2.23. The van der Waals surface area contributed by atoms with E-state index in [-0.39, 0.29) is 5.92 Å². The first kappa shape index (κ1) is 14.7. The topological polar surface area (TPSA) is 33.2 Å². The first-order chi connectivity index (χ1) is 10.1. The molecule has 0 radical (unpaired) electrons. The maximum absolute atomic E-state index is 11.4. The lowest BCUT2D eigenvalue weighted by atomic mass is 9.94. The number of thiazole rings is 1. The van der Waals surface area contributed by atoms with Crippen LogP contribution in [-0.4, -0.2) is 23.9 Å². The van der Waals surface area contributed by atoms with Gasteiger partial charge in [-0.05, 0) is 31.9 Å². The number of ketones is 1. The Balaban J connectivity index is 1.71. The fourth-order valence-electron chi connectivity index (χ4n) is 2.64.